The quantitative estimate of drug-likeness (QED) is 0.500. The van der Waals surface area contributed by atoms with Gasteiger partial charge in [0.1, 0.15) is 0 Å². The van der Waals surface area contributed by atoms with Crippen LogP contribution in [0.2, 0.25) is 0 Å². The van der Waals surface area contributed by atoms with Gasteiger partial charge in [0.25, 0.3) is 0 Å². The first-order chi connectivity index (χ1) is 0. The van der Waals surface area contributed by atoms with Gasteiger partial charge in [0.05, 0.1) is 0 Å². The van der Waals surface area contributed by atoms with Crippen molar-refractivity contribution >= 4 is 68.5 Å². The third-order valence-electron chi connectivity index (χ3n) is 0. The molecule has 0 saturated carbocycles. The topological polar surface area (TPSA) is 31.5 Å². The van der Waals surface area contributed by atoms with E-state index in [-0.39, 0.29) is 115 Å². The minimum Gasteiger partial charge on any atom is -1.00 e. The largest absolute Gasteiger partial charge is 2.00 e. The first-order valence-corrected chi connectivity index (χ1v) is 0. The molecule has 4 heteroatoms. The van der Waals surface area contributed by atoms with Gasteiger partial charge < -0.3 is 11.2 Å². The van der Waals surface area contributed by atoms with Gasteiger partial charge >= 0.3 is 68.5 Å². The van der Waals surface area contributed by atoms with Gasteiger partial charge in [-0.15, -0.1) is 0 Å². The SMILES string of the molecule is O.[H-].[H-].[H-].[H-].[La].[Mg+2].[Sr+2]. The van der Waals surface area contributed by atoms with Gasteiger partial charge in [-0.1, -0.05) is 0 Å². The predicted octanol–water partition coefficient (Wildman–Crippen LogP) is -1.14. The average molecular weight is 273 g/mol. The summed E-state index contributed by atoms with van der Waals surface area (Å²) < 4.78 is 0. The summed E-state index contributed by atoms with van der Waals surface area (Å²) in [4.78, 5) is 0. The van der Waals surface area contributed by atoms with Crippen LogP contribution in [0, 0.1) is 35.6 Å². The van der Waals surface area contributed by atoms with Crippen LogP contribution in [0.1, 0.15) is 5.71 Å². The fraction of sp³-hybridized carbons (Fsp3) is 0. The molecule has 0 heterocycles. The second kappa shape index (κ2) is 16.1. The third-order valence-corrected chi connectivity index (χ3v) is 0. The van der Waals surface area contributed by atoms with Crippen LogP contribution in [0.15, 0.2) is 0 Å². The second-order valence-electron chi connectivity index (χ2n) is 0. The Hall–Kier alpha value is 3.40. The first-order valence-electron chi connectivity index (χ1n) is 0. The molecule has 0 aliphatic rings. The monoisotopic (exact) mass is 273 g/mol. The Labute approximate surface area is 113 Å². The van der Waals surface area contributed by atoms with E-state index in [4.69, 9.17) is 0 Å². The van der Waals surface area contributed by atoms with Crippen LogP contribution in [0.4, 0.5) is 0 Å². The Morgan fingerprint density at radius 2 is 1.25 bits per heavy atom. The van der Waals surface area contributed by atoms with Crippen molar-refractivity contribution in [2.75, 3.05) is 0 Å². The van der Waals surface area contributed by atoms with Crippen LogP contribution in [-0.4, -0.2) is 74.0 Å². The van der Waals surface area contributed by atoms with E-state index in [0.29, 0.717) is 0 Å². The summed E-state index contributed by atoms with van der Waals surface area (Å²) in [6.07, 6.45) is 0. The normalized spacial score (nSPS) is 0. The summed E-state index contributed by atoms with van der Waals surface area (Å²) in [5.41, 5.74) is 0. The molecule has 0 aromatic heterocycles. The fourth-order valence-electron chi connectivity index (χ4n) is 0. The summed E-state index contributed by atoms with van der Waals surface area (Å²) in [7, 11) is 0. The molecule has 0 spiro atoms. The van der Waals surface area contributed by atoms with Gasteiger partial charge in [-0.2, -0.15) is 0 Å². The zero-order valence-electron chi connectivity index (χ0n) is 6.49. The van der Waals surface area contributed by atoms with E-state index in [1.165, 1.54) is 0 Å². The zero-order chi connectivity index (χ0) is 0. The van der Waals surface area contributed by atoms with Crippen molar-refractivity contribution in [2.45, 2.75) is 0 Å². The van der Waals surface area contributed by atoms with Crippen LogP contribution in [-0.2, 0) is 0 Å². The molecule has 0 saturated heterocycles. The van der Waals surface area contributed by atoms with Crippen LogP contribution < -0.4 is 0 Å². The molecule has 0 aliphatic heterocycles. The molecular formula is H6LaMgOSr. The standard InChI is InChI=1S/La.Mg.H2O.Sr.4H/h;;1H2;;;;;/q;+2;;+2;4*-1. The average Bonchev–Trinajstić information content (AvgIpc) is 0. The van der Waals surface area contributed by atoms with E-state index in [9.17, 15) is 0 Å². The molecule has 0 rings (SSSR count). The van der Waals surface area contributed by atoms with Gasteiger partial charge in [0, 0.05) is 35.6 Å². The molecule has 0 atom stereocenters. The molecule has 0 amide bonds. The van der Waals surface area contributed by atoms with Crippen LogP contribution in [0.25, 0.3) is 0 Å². The maximum atomic E-state index is 0. The maximum Gasteiger partial charge on any atom is 2.00 e. The van der Waals surface area contributed by atoms with Gasteiger partial charge in [0.15, 0.2) is 0 Å². The predicted molar refractivity (Wildman–Crippen MR) is 19.6 cm³/mol. The molecule has 0 fully saturated rings. The fourth-order valence-corrected chi connectivity index (χ4v) is 0. The smallest absolute Gasteiger partial charge is 1.00 e. The van der Waals surface area contributed by atoms with Crippen molar-refractivity contribution in [3.05, 3.63) is 0 Å². The Bertz CT molecular complexity index is 16.0. The molecule has 4 heavy (non-hydrogen) atoms. The van der Waals surface area contributed by atoms with Gasteiger partial charge in [0.2, 0.25) is 0 Å². The molecule has 0 unspecified atom stereocenters. The van der Waals surface area contributed by atoms with E-state index < -0.39 is 0 Å². The van der Waals surface area contributed by atoms with E-state index in [1.807, 2.05) is 0 Å². The van der Waals surface area contributed by atoms with Crippen molar-refractivity contribution in [3.63, 3.8) is 0 Å². The molecule has 0 aromatic carbocycles. The Morgan fingerprint density at radius 1 is 1.25 bits per heavy atom. The maximum absolute atomic E-state index is 0. The minimum atomic E-state index is 0. The van der Waals surface area contributed by atoms with Crippen molar-refractivity contribution in [1.29, 1.82) is 0 Å². The van der Waals surface area contributed by atoms with E-state index in [2.05, 4.69) is 0 Å². The molecule has 19 valence electrons. The van der Waals surface area contributed by atoms with Crippen LogP contribution in [0.5, 0.6) is 0 Å². The first kappa shape index (κ1) is 26.2. The summed E-state index contributed by atoms with van der Waals surface area (Å²) in [6.45, 7) is 0. The summed E-state index contributed by atoms with van der Waals surface area (Å²) in [5.74, 6) is 0. The number of hydrogen-bond donors (Lipinski definition) is 0. The Balaban J connectivity index is 0. The van der Waals surface area contributed by atoms with Gasteiger partial charge in [-0.25, -0.2) is 0 Å². The van der Waals surface area contributed by atoms with Crippen molar-refractivity contribution in [1.82, 2.24) is 0 Å². The van der Waals surface area contributed by atoms with Crippen LogP contribution in [0.3, 0.4) is 0 Å². The Kier molecular flexibility index (Phi) is 106. The van der Waals surface area contributed by atoms with Crippen molar-refractivity contribution < 1.29 is 46.8 Å². The number of rotatable bonds is 0. The Morgan fingerprint density at radius 3 is 1.25 bits per heavy atom. The zero-order valence-corrected chi connectivity index (χ0v) is 11.0. The second-order valence-corrected chi connectivity index (χ2v) is 0. The number of hydrogen-bond acceptors (Lipinski definition) is 0. The molecule has 0 aliphatic carbocycles. The molecule has 0 bridgehead atoms. The third kappa shape index (κ3) is 9.04. The minimum absolute atomic E-state index is 0. The molecular weight excluding hydrogens is 267 g/mol. The molecule has 2 N–H and O–H groups in total. The molecule has 0 aromatic rings. The summed E-state index contributed by atoms with van der Waals surface area (Å²) in [6, 6.07) is 0. The van der Waals surface area contributed by atoms with E-state index in [0.717, 1.165) is 0 Å². The van der Waals surface area contributed by atoms with Gasteiger partial charge in [-0.05, 0) is 0 Å². The van der Waals surface area contributed by atoms with E-state index in [1.54, 1.807) is 0 Å². The van der Waals surface area contributed by atoms with Crippen molar-refractivity contribution in [3.8, 4) is 0 Å². The van der Waals surface area contributed by atoms with Gasteiger partial charge in [-0.3, -0.25) is 0 Å². The molecule has 1 radical (unpaired) electrons. The van der Waals surface area contributed by atoms with Crippen LogP contribution >= 0.6 is 0 Å². The summed E-state index contributed by atoms with van der Waals surface area (Å²) in [5, 5.41) is 0. The van der Waals surface area contributed by atoms with E-state index >= 15 is 0 Å². The summed E-state index contributed by atoms with van der Waals surface area (Å²) >= 11 is 0. The van der Waals surface area contributed by atoms with Crippen molar-refractivity contribution in [2.24, 2.45) is 0 Å². The molecule has 1 nitrogen and oxygen atoms in total.